The molecule has 0 heterocycles. The summed E-state index contributed by atoms with van der Waals surface area (Å²) in [7, 11) is 0. The predicted octanol–water partition coefficient (Wildman–Crippen LogP) is 5.40. The third kappa shape index (κ3) is 4.69. The van der Waals surface area contributed by atoms with Crippen LogP contribution in [0.1, 0.15) is 68.3 Å². The van der Waals surface area contributed by atoms with Gasteiger partial charge < -0.3 is 10.2 Å². The molecule has 1 N–H and O–H groups in total. The molecule has 0 aromatic heterocycles. The number of amides is 2. The zero-order valence-corrected chi connectivity index (χ0v) is 17.6. The molecule has 2 amide bonds. The number of benzene rings is 2. The highest BCUT2D eigenvalue weighted by Crippen LogP contribution is 2.42. The average Bonchev–Trinajstić information content (AvgIpc) is 3.27. The summed E-state index contributed by atoms with van der Waals surface area (Å²) in [5.41, 5.74) is 2.05. The van der Waals surface area contributed by atoms with Crippen molar-refractivity contribution < 1.29 is 9.59 Å². The number of hydrogen-bond acceptors (Lipinski definition) is 2. The van der Waals surface area contributed by atoms with Crippen molar-refractivity contribution in [2.45, 2.75) is 57.8 Å². The molecule has 29 heavy (non-hydrogen) atoms. The molecule has 1 aliphatic carbocycles. The minimum absolute atomic E-state index is 0.0513. The van der Waals surface area contributed by atoms with Crippen LogP contribution in [0.2, 0.25) is 0 Å². The fraction of sp³-hybridized carbons (Fsp3) is 0.440. The van der Waals surface area contributed by atoms with Crippen LogP contribution in [0, 0.1) is 0 Å². The molecular weight excluding hydrogens is 360 g/mol. The summed E-state index contributed by atoms with van der Waals surface area (Å²) < 4.78 is 0. The van der Waals surface area contributed by atoms with E-state index in [-0.39, 0.29) is 11.8 Å². The van der Waals surface area contributed by atoms with E-state index in [0.717, 1.165) is 56.3 Å². The largest absolute Gasteiger partial charge is 0.339 e. The zero-order chi connectivity index (χ0) is 20.7. The SMILES string of the molecule is CCCCN(CC)C(=O)c1ccc(NC(=O)C2(c3ccccc3)CCCC2)cc1. The van der Waals surface area contributed by atoms with Gasteiger partial charge in [-0.05, 0) is 56.0 Å². The lowest BCUT2D eigenvalue weighted by Gasteiger charge is -2.28. The Morgan fingerprint density at radius 1 is 0.966 bits per heavy atom. The second kappa shape index (κ2) is 9.73. The molecule has 3 rings (SSSR count). The first-order chi connectivity index (χ1) is 14.1. The topological polar surface area (TPSA) is 49.4 Å². The molecule has 0 spiro atoms. The molecule has 0 atom stereocenters. The summed E-state index contributed by atoms with van der Waals surface area (Å²) in [4.78, 5) is 27.8. The van der Waals surface area contributed by atoms with E-state index in [9.17, 15) is 9.59 Å². The lowest BCUT2D eigenvalue weighted by atomic mass is 9.78. The highest BCUT2D eigenvalue weighted by molar-refractivity contribution is 6.00. The van der Waals surface area contributed by atoms with E-state index in [1.54, 1.807) is 0 Å². The summed E-state index contributed by atoms with van der Waals surface area (Å²) in [5, 5.41) is 3.10. The molecular formula is C25H32N2O2. The Morgan fingerprint density at radius 3 is 2.21 bits per heavy atom. The summed E-state index contributed by atoms with van der Waals surface area (Å²) in [5.74, 6) is 0.105. The van der Waals surface area contributed by atoms with E-state index in [1.165, 1.54) is 0 Å². The number of anilines is 1. The predicted molar refractivity (Wildman–Crippen MR) is 118 cm³/mol. The lowest BCUT2D eigenvalue weighted by Crippen LogP contribution is -2.38. The first kappa shape index (κ1) is 21.1. The molecule has 0 aliphatic heterocycles. The van der Waals surface area contributed by atoms with Gasteiger partial charge in [-0.2, -0.15) is 0 Å². The second-order valence-electron chi connectivity index (χ2n) is 7.93. The quantitative estimate of drug-likeness (QED) is 0.654. The molecule has 0 bridgehead atoms. The number of nitrogens with one attached hydrogen (secondary N) is 1. The van der Waals surface area contributed by atoms with Crippen molar-refractivity contribution in [3.05, 3.63) is 65.7 Å². The monoisotopic (exact) mass is 392 g/mol. The molecule has 2 aromatic carbocycles. The number of carbonyl (C=O) groups is 2. The molecule has 4 nitrogen and oxygen atoms in total. The summed E-state index contributed by atoms with van der Waals surface area (Å²) in [6, 6.07) is 17.4. The van der Waals surface area contributed by atoms with E-state index in [2.05, 4.69) is 24.4 Å². The Labute approximate surface area is 174 Å². The highest BCUT2D eigenvalue weighted by Gasteiger charge is 2.42. The van der Waals surface area contributed by atoms with Crippen molar-refractivity contribution in [2.24, 2.45) is 0 Å². The maximum Gasteiger partial charge on any atom is 0.253 e. The average molecular weight is 393 g/mol. The number of unbranched alkanes of at least 4 members (excludes halogenated alkanes) is 1. The van der Waals surface area contributed by atoms with Gasteiger partial charge in [0.2, 0.25) is 5.91 Å². The number of hydrogen-bond donors (Lipinski definition) is 1. The van der Waals surface area contributed by atoms with E-state index in [0.29, 0.717) is 12.1 Å². The molecule has 0 unspecified atom stereocenters. The van der Waals surface area contributed by atoms with E-state index in [1.807, 2.05) is 54.3 Å². The molecule has 2 aromatic rings. The van der Waals surface area contributed by atoms with E-state index < -0.39 is 5.41 Å². The van der Waals surface area contributed by atoms with Gasteiger partial charge in [0.05, 0.1) is 5.41 Å². The van der Waals surface area contributed by atoms with Crippen molar-refractivity contribution in [3.8, 4) is 0 Å². The standard InChI is InChI=1S/C25H32N2O2/c1-3-5-19-27(4-2)23(28)20-13-15-22(16-14-20)26-24(29)25(17-9-10-18-25)21-11-7-6-8-12-21/h6-8,11-16H,3-5,9-10,17-19H2,1-2H3,(H,26,29). The van der Waals surface area contributed by atoms with Crippen LogP contribution in [0.5, 0.6) is 0 Å². The van der Waals surface area contributed by atoms with Crippen LogP contribution in [0.25, 0.3) is 0 Å². The van der Waals surface area contributed by atoms with Crippen molar-refractivity contribution in [2.75, 3.05) is 18.4 Å². The second-order valence-corrected chi connectivity index (χ2v) is 7.93. The fourth-order valence-electron chi connectivity index (χ4n) is 4.26. The van der Waals surface area contributed by atoms with Gasteiger partial charge in [-0.3, -0.25) is 9.59 Å². The smallest absolute Gasteiger partial charge is 0.253 e. The van der Waals surface area contributed by atoms with Crippen LogP contribution in [0.3, 0.4) is 0 Å². The van der Waals surface area contributed by atoms with Gasteiger partial charge in [0, 0.05) is 24.3 Å². The van der Waals surface area contributed by atoms with Crippen LogP contribution in [0.4, 0.5) is 5.69 Å². The van der Waals surface area contributed by atoms with Crippen LogP contribution in [0.15, 0.2) is 54.6 Å². The van der Waals surface area contributed by atoms with Crippen LogP contribution < -0.4 is 5.32 Å². The Morgan fingerprint density at radius 2 is 1.62 bits per heavy atom. The normalized spacial score (nSPS) is 15.1. The Balaban J connectivity index is 1.72. The van der Waals surface area contributed by atoms with Gasteiger partial charge >= 0.3 is 0 Å². The van der Waals surface area contributed by atoms with Gasteiger partial charge in [0.15, 0.2) is 0 Å². The lowest BCUT2D eigenvalue weighted by molar-refractivity contribution is -0.121. The van der Waals surface area contributed by atoms with Gasteiger partial charge in [0.1, 0.15) is 0 Å². The van der Waals surface area contributed by atoms with Crippen molar-refractivity contribution >= 4 is 17.5 Å². The maximum absolute atomic E-state index is 13.2. The number of carbonyl (C=O) groups excluding carboxylic acids is 2. The third-order valence-corrected chi connectivity index (χ3v) is 6.06. The van der Waals surface area contributed by atoms with Gasteiger partial charge in [-0.1, -0.05) is 56.5 Å². The Hall–Kier alpha value is -2.62. The first-order valence-corrected chi connectivity index (χ1v) is 10.9. The minimum atomic E-state index is -0.449. The molecule has 154 valence electrons. The molecule has 0 saturated heterocycles. The maximum atomic E-state index is 13.2. The molecule has 1 aliphatic rings. The van der Waals surface area contributed by atoms with Gasteiger partial charge in [-0.25, -0.2) is 0 Å². The van der Waals surface area contributed by atoms with E-state index >= 15 is 0 Å². The minimum Gasteiger partial charge on any atom is -0.339 e. The molecule has 4 heteroatoms. The molecule has 1 saturated carbocycles. The molecule has 1 fully saturated rings. The van der Waals surface area contributed by atoms with Crippen LogP contribution in [-0.2, 0) is 10.2 Å². The van der Waals surface area contributed by atoms with Crippen molar-refractivity contribution in [1.82, 2.24) is 4.90 Å². The zero-order valence-electron chi connectivity index (χ0n) is 17.6. The van der Waals surface area contributed by atoms with Gasteiger partial charge in [-0.15, -0.1) is 0 Å². The molecule has 0 radical (unpaired) electrons. The van der Waals surface area contributed by atoms with E-state index in [4.69, 9.17) is 0 Å². The van der Waals surface area contributed by atoms with Crippen molar-refractivity contribution in [1.29, 1.82) is 0 Å². The first-order valence-electron chi connectivity index (χ1n) is 10.9. The van der Waals surface area contributed by atoms with Crippen LogP contribution in [-0.4, -0.2) is 29.8 Å². The van der Waals surface area contributed by atoms with Gasteiger partial charge in [0.25, 0.3) is 5.91 Å². The third-order valence-electron chi connectivity index (χ3n) is 6.06. The number of nitrogens with zero attached hydrogens (tertiary/aromatic N) is 1. The summed E-state index contributed by atoms with van der Waals surface area (Å²) in [6.45, 7) is 5.62. The van der Waals surface area contributed by atoms with Crippen LogP contribution >= 0.6 is 0 Å². The Kier molecular flexibility index (Phi) is 7.08. The number of rotatable bonds is 8. The Bertz CT molecular complexity index is 808. The highest BCUT2D eigenvalue weighted by atomic mass is 16.2. The fourth-order valence-corrected chi connectivity index (χ4v) is 4.26. The summed E-state index contributed by atoms with van der Waals surface area (Å²) in [6.07, 6.45) is 5.97. The van der Waals surface area contributed by atoms with Crippen molar-refractivity contribution in [3.63, 3.8) is 0 Å². The summed E-state index contributed by atoms with van der Waals surface area (Å²) >= 11 is 0.